The zero-order valence-electron chi connectivity index (χ0n) is 12.7. The third-order valence-corrected chi connectivity index (χ3v) is 4.34. The number of nitrogens with one attached hydrogen (secondary N) is 1. The molecule has 0 amide bonds. The van der Waals surface area contributed by atoms with E-state index in [9.17, 15) is 0 Å². The van der Waals surface area contributed by atoms with Crippen LogP contribution in [0.3, 0.4) is 0 Å². The molecule has 2 rings (SSSR count). The predicted molar refractivity (Wildman–Crippen MR) is 82.6 cm³/mol. The Morgan fingerprint density at radius 3 is 2.63 bits per heavy atom. The van der Waals surface area contributed by atoms with Crippen LogP contribution in [0.1, 0.15) is 38.7 Å². The van der Waals surface area contributed by atoms with Crippen LogP contribution in [-0.4, -0.2) is 37.6 Å². The molecule has 0 aliphatic carbocycles. The van der Waals surface area contributed by atoms with Gasteiger partial charge in [-0.2, -0.15) is 0 Å². The summed E-state index contributed by atoms with van der Waals surface area (Å²) >= 11 is 0. The van der Waals surface area contributed by atoms with Crippen molar-refractivity contribution in [2.24, 2.45) is 0 Å². The Kier molecular flexibility index (Phi) is 5.00. The van der Waals surface area contributed by atoms with Gasteiger partial charge in [-0.05, 0) is 45.0 Å². The van der Waals surface area contributed by atoms with Crippen LogP contribution >= 0.6 is 0 Å². The van der Waals surface area contributed by atoms with Gasteiger partial charge in [0.15, 0.2) is 0 Å². The van der Waals surface area contributed by atoms with E-state index in [4.69, 9.17) is 0 Å². The molecule has 106 valence electrons. The SMILES string of the molecule is CN1CCCC(NCC(C)(C)c2ccccc2)CC1. The number of nitrogens with zero attached hydrogens (tertiary/aromatic N) is 1. The molecule has 0 radical (unpaired) electrons. The first kappa shape index (κ1) is 14.5. The van der Waals surface area contributed by atoms with Crippen LogP contribution in [0.15, 0.2) is 30.3 Å². The van der Waals surface area contributed by atoms with Gasteiger partial charge in [0.25, 0.3) is 0 Å². The van der Waals surface area contributed by atoms with E-state index in [1.165, 1.54) is 37.9 Å². The highest BCUT2D eigenvalue weighted by molar-refractivity contribution is 5.23. The lowest BCUT2D eigenvalue weighted by molar-refractivity contribution is 0.339. The molecular weight excluding hydrogens is 232 g/mol. The molecule has 1 saturated heterocycles. The van der Waals surface area contributed by atoms with Crippen molar-refractivity contribution < 1.29 is 0 Å². The molecule has 1 aromatic rings. The summed E-state index contributed by atoms with van der Waals surface area (Å²) < 4.78 is 0. The molecule has 0 bridgehead atoms. The molecule has 1 aromatic carbocycles. The highest BCUT2D eigenvalue weighted by Crippen LogP contribution is 2.22. The average molecular weight is 260 g/mol. The van der Waals surface area contributed by atoms with Gasteiger partial charge in [-0.3, -0.25) is 0 Å². The van der Waals surface area contributed by atoms with Crippen molar-refractivity contribution in [3.63, 3.8) is 0 Å². The Bertz CT molecular complexity index is 372. The molecule has 1 N–H and O–H groups in total. The van der Waals surface area contributed by atoms with Gasteiger partial charge < -0.3 is 10.2 Å². The fraction of sp³-hybridized carbons (Fsp3) is 0.647. The van der Waals surface area contributed by atoms with E-state index in [-0.39, 0.29) is 5.41 Å². The minimum absolute atomic E-state index is 0.208. The fourth-order valence-electron chi connectivity index (χ4n) is 2.83. The Morgan fingerprint density at radius 1 is 1.16 bits per heavy atom. The van der Waals surface area contributed by atoms with Crippen LogP contribution < -0.4 is 5.32 Å². The third kappa shape index (κ3) is 4.32. The number of benzene rings is 1. The molecular formula is C17H28N2. The lowest BCUT2D eigenvalue weighted by atomic mass is 9.84. The van der Waals surface area contributed by atoms with Crippen molar-refractivity contribution in [2.75, 3.05) is 26.7 Å². The maximum Gasteiger partial charge on any atom is 0.00800 e. The minimum atomic E-state index is 0.208. The molecule has 19 heavy (non-hydrogen) atoms. The van der Waals surface area contributed by atoms with E-state index in [1.807, 2.05) is 0 Å². The molecule has 1 unspecified atom stereocenters. The smallest absolute Gasteiger partial charge is 0.00800 e. The maximum absolute atomic E-state index is 3.79. The second-order valence-corrected chi connectivity index (χ2v) is 6.56. The molecule has 1 atom stereocenters. The Labute approximate surface area is 118 Å². The zero-order valence-corrected chi connectivity index (χ0v) is 12.7. The summed E-state index contributed by atoms with van der Waals surface area (Å²) in [6.45, 7) is 8.20. The lowest BCUT2D eigenvalue weighted by Gasteiger charge is -2.28. The summed E-state index contributed by atoms with van der Waals surface area (Å²) in [5.74, 6) is 0. The number of hydrogen-bond acceptors (Lipinski definition) is 2. The molecule has 0 spiro atoms. The summed E-state index contributed by atoms with van der Waals surface area (Å²) in [6, 6.07) is 11.5. The molecule has 0 aromatic heterocycles. The van der Waals surface area contributed by atoms with Gasteiger partial charge in [-0.15, -0.1) is 0 Å². The van der Waals surface area contributed by atoms with Crippen molar-refractivity contribution in [2.45, 2.75) is 44.6 Å². The standard InChI is InChI=1S/C17H28N2/c1-17(2,15-8-5-4-6-9-15)14-18-16-10-7-12-19(3)13-11-16/h4-6,8-9,16,18H,7,10-14H2,1-3H3. The van der Waals surface area contributed by atoms with Gasteiger partial charge in [-0.25, -0.2) is 0 Å². The van der Waals surface area contributed by atoms with E-state index >= 15 is 0 Å². The Morgan fingerprint density at radius 2 is 1.89 bits per heavy atom. The predicted octanol–water partition coefficient (Wildman–Crippen LogP) is 3.04. The Balaban J connectivity index is 1.87. The van der Waals surface area contributed by atoms with Crippen LogP contribution in [0, 0.1) is 0 Å². The molecule has 1 heterocycles. The van der Waals surface area contributed by atoms with E-state index in [0.29, 0.717) is 6.04 Å². The molecule has 1 aliphatic rings. The van der Waals surface area contributed by atoms with Gasteiger partial charge in [0.05, 0.1) is 0 Å². The van der Waals surface area contributed by atoms with Crippen LogP contribution in [0.25, 0.3) is 0 Å². The largest absolute Gasteiger partial charge is 0.313 e. The minimum Gasteiger partial charge on any atom is -0.313 e. The topological polar surface area (TPSA) is 15.3 Å². The maximum atomic E-state index is 3.79. The van der Waals surface area contributed by atoms with Crippen molar-refractivity contribution >= 4 is 0 Å². The van der Waals surface area contributed by atoms with Crippen molar-refractivity contribution in [1.29, 1.82) is 0 Å². The van der Waals surface area contributed by atoms with Gasteiger partial charge in [0, 0.05) is 18.0 Å². The van der Waals surface area contributed by atoms with E-state index in [1.54, 1.807) is 0 Å². The van der Waals surface area contributed by atoms with Crippen molar-refractivity contribution in [3.8, 4) is 0 Å². The highest BCUT2D eigenvalue weighted by atomic mass is 15.1. The van der Waals surface area contributed by atoms with Crippen LogP contribution in [0.4, 0.5) is 0 Å². The quantitative estimate of drug-likeness (QED) is 0.895. The van der Waals surface area contributed by atoms with Crippen molar-refractivity contribution in [3.05, 3.63) is 35.9 Å². The molecule has 2 nitrogen and oxygen atoms in total. The summed E-state index contributed by atoms with van der Waals surface area (Å²) in [4.78, 5) is 2.45. The third-order valence-electron chi connectivity index (χ3n) is 4.34. The second kappa shape index (κ2) is 6.53. The Hall–Kier alpha value is -0.860. The average Bonchev–Trinajstić information content (AvgIpc) is 2.62. The molecule has 1 aliphatic heterocycles. The normalized spacial score (nSPS) is 22.2. The molecule has 2 heteroatoms. The van der Waals surface area contributed by atoms with Gasteiger partial charge in [0.2, 0.25) is 0 Å². The fourth-order valence-corrected chi connectivity index (χ4v) is 2.83. The molecule has 1 fully saturated rings. The lowest BCUT2D eigenvalue weighted by Crippen LogP contribution is -2.39. The van der Waals surface area contributed by atoms with E-state index < -0.39 is 0 Å². The summed E-state index contributed by atoms with van der Waals surface area (Å²) in [7, 11) is 2.23. The molecule has 0 saturated carbocycles. The van der Waals surface area contributed by atoms with Gasteiger partial charge >= 0.3 is 0 Å². The van der Waals surface area contributed by atoms with Gasteiger partial charge in [0.1, 0.15) is 0 Å². The van der Waals surface area contributed by atoms with E-state index in [0.717, 1.165) is 6.54 Å². The summed E-state index contributed by atoms with van der Waals surface area (Å²) in [6.07, 6.45) is 3.91. The van der Waals surface area contributed by atoms with Crippen LogP contribution in [0.2, 0.25) is 0 Å². The van der Waals surface area contributed by atoms with Gasteiger partial charge in [-0.1, -0.05) is 44.2 Å². The van der Waals surface area contributed by atoms with E-state index in [2.05, 4.69) is 61.4 Å². The number of rotatable bonds is 4. The van der Waals surface area contributed by atoms with Crippen molar-refractivity contribution in [1.82, 2.24) is 10.2 Å². The number of likely N-dealkylation sites (tertiary alicyclic amines) is 1. The first-order valence-electron chi connectivity index (χ1n) is 7.55. The first-order chi connectivity index (χ1) is 9.08. The first-order valence-corrected chi connectivity index (χ1v) is 7.55. The number of hydrogen-bond donors (Lipinski definition) is 1. The van der Waals surface area contributed by atoms with Crippen LogP contribution in [-0.2, 0) is 5.41 Å². The second-order valence-electron chi connectivity index (χ2n) is 6.56. The summed E-state index contributed by atoms with van der Waals surface area (Å²) in [5.41, 5.74) is 1.63. The zero-order chi connectivity index (χ0) is 13.7. The van der Waals surface area contributed by atoms with Crippen LogP contribution in [0.5, 0.6) is 0 Å². The summed E-state index contributed by atoms with van der Waals surface area (Å²) in [5, 5.41) is 3.79. The monoisotopic (exact) mass is 260 g/mol. The highest BCUT2D eigenvalue weighted by Gasteiger charge is 2.22.